The fourth-order valence-corrected chi connectivity index (χ4v) is 2.29. The van der Waals surface area contributed by atoms with E-state index < -0.39 is 6.10 Å². The maximum Gasteiger partial charge on any atom is 0.255 e. The molecule has 1 aliphatic rings. The molecule has 92 valence electrons. The molecule has 2 atom stereocenters. The molecule has 0 aromatic heterocycles. The number of fused-ring (bicyclic) bond motifs is 1. The predicted molar refractivity (Wildman–Crippen MR) is 65.0 cm³/mol. The number of carbonyl (C=O) groups excluding carboxylic acids is 1. The standard InChI is InChI=1S/C13H17NO3/c1-9(15)13(16)14-11(8-17-2)7-10-5-3-4-6-12(10)14/h3-6,9,11,15H,7-8H2,1-2H3/t9-,11-/m0/s1. The highest BCUT2D eigenvalue weighted by Crippen LogP contribution is 2.32. The van der Waals surface area contributed by atoms with Gasteiger partial charge in [0.2, 0.25) is 0 Å². The number of amides is 1. The van der Waals surface area contributed by atoms with Crippen molar-refractivity contribution in [1.82, 2.24) is 0 Å². The molecular formula is C13H17NO3. The second-order valence-corrected chi connectivity index (χ2v) is 4.33. The summed E-state index contributed by atoms with van der Waals surface area (Å²) in [6.07, 6.45) is -0.205. The fraction of sp³-hybridized carbons (Fsp3) is 0.462. The number of hydrogen-bond donors (Lipinski definition) is 1. The maximum atomic E-state index is 12.0. The number of ether oxygens (including phenoxy) is 1. The van der Waals surface area contributed by atoms with E-state index >= 15 is 0 Å². The highest BCUT2D eigenvalue weighted by atomic mass is 16.5. The molecule has 1 aromatic carbocycles. The van der Waals surface area contributed by atoms with Gasteiger partial charge in [-0.25, -0.2) is 0 Å². The smallest absolute Gasteiger partial charge is 0.255 e. The van der Waals surface area contributed by atoms with Crippen LogP contribution >= 0.6 is 0 Å². The number of rotatable bonds is 3. The minimum atomic E-state index is -0.986. The summed E-state index contributed by atoms with van der Waals surface area (Å²) in [5.41, 5.74) is 2.02. The molecule has 2 rings (SSSR count). The van der Waals surface area contributed by atoms with Crippen LogP contribution < -0.4 is 4.90 Å². The van der Waals surface area contributed by atoms with Gasteiger partial charge in [0.05, 0.1) is 12.6 Å². The minimum Gasteiger partial charge on any atom is -0.384 e. The van der Waals surface area contributed by atoms with E-state index in [4.69, 9.17) is 4.74 Å². The SMILES string of the molecule is COC[C@@H]1Cc2ccccc2N1C(=O)[C@H](C)O. The Morgan fingerprint density at radius 2 is 2.29 bits per heavy atom. The first kappa shape index (κ1) is 12.1. The molecule has 1 heterocycles. The lowest BCUT2D eigenvalue weighted by Gasteiger charge is -2.26. The Bertz CT molecular complexity index is 417. The van der Waals surface area contributed by atoms with E-state index in [0.717, 1.165) is 17.7 Å². The summed E-state index contributed by atoms with van der Waals surface area (Å²) in [6, 6.07) is 7.76. The number of benzene rings is 1. The Labute approximate surface area is 101 Å². The van der Waals surface area contributed by atoms with Crippen molar-refractivity contribution in [2.45, 2.75) is 25.5 Å². The zero-order valence-corrected chi connectivity index (χ0v) is 10.1. The van der Waals surface area contributed by atoms with Gasteiger partial charge >= 0.3 is 0 Å². The zero-order valence-electron chi connectivity index (χ0n) is 10.1. The van der Waals surface area contributed by atoms with Gasteiger partial charge in [-0.05, 0) is 25.0 Å². The molecule has 0 saturated carbocycles. The van der Waals surface area contributed by atoms with Gasteiger partial charge in [0, 0.05) is 12.8 Å². The highest BCUT2D eigenvalue weighted by molar-refractivity contribution is 5.98. The number of hydrogen-bond acceptors (Lipinski definition) is 3. The van der Waals surface area contributed by atoms with Crippen LogP contribution in [0, 0.1) is 0 Å². The van der Waals surface area contributed by atoms with Crippen molar-refractivity contribution in [2.75, 3.05) is 18.6 Å². The van der Waals surface area contributed by atoms with Crippen LogP contribution in [0.1, 0.15) is 12.5 Å². The van der Waals surface area contributed by atoms with E-state index in [0.29, 0.717) is 6.61 Å². The van der Waals surface area contributed by atoms with E-state index in [-0.39, 0.29) is 11.9 Å². The summed E-state index contributed by atoms with van der Waals surface area (Å²) < 4.78 is 5.14. The van der Waals surface area contributed by atoms with Gasteiger partial charge in [0.1, 0.15) is 6.10 Å². The predicted octanol–water partition coefficient (Wildman–Crippen LogP) is 0.972. The first-order chi connectivity index (χ1) is 8.15. The number of aliphatic hydroxyl groups is 1. The average molecular weight is 235 g/mol. The molecule has 1 N–H and O–H groups in total. The number of aliphatic hydroxyl groups excluding tert-OH is 1. The monoisotopic (exact) mass is 235 g/mol. The van der Waals surface area contributed by atoms with E-state index in [9.17, 15) is 9.90 Å². The highest BCUT2D eigenvalue weighted by Gasteiger charge is 2.34. The van der Waals surface area contributed by atoms with Gasteiger partial charge in [0.25, 0.3) is 5.91 Å². The van der Waals surface area contributed by atoms with Crippen molar-refractivity contribution in [3.8, 4) is 0 Å². The first-order valence-electron chi connectivity index (χ1n) is 5.73. The first-order valence-corrected chi connectivity index (χ1v) is 5.73. The molecular weight excluding hydrogens is 218 g/mol. The maximum absolute atomic E-state index is 12.0. The third-order valence-electron chi connectivity index (χ3n) is 3.03. The Morgan fingerprint density at radius 1 is 1.59 bits per heavy atom. The van der Waals surface area contributed by atoms with Crippen molar-refractivity contribution < 1.29 is 14.6 Å². The van der Waals surface area contributed by atoms with Crippen LogP contribution in [0.3, 0.4) is 0 Å². The molecule has 0 bridgehead atoms. The van der Waals surface area contributed by atoms with E-state index in [2.05, 4.69) is 0 Å². The Kier molecular flexibility index (Phi) is 3.45. The molecule has 1 aliphatic heterocycles. The second kappa shape index (κ2) is 4.85. The van der Waals surface area contributed by atoms with E-state index in [1.54, 1.807) is 12.0 Å². The fourth-order valence-electron chi connectivity index (χ4n) is 2.29. The lowest BCUT2D eigenvalue weighted by molar-refractivity contribution is -0.126. The van der Waals surface area contributed by atoms with Crippen molar-refractivity contribution in [3.63, 3.8) is 0 Å². The molecule has 0 radical (unpaired) electrons. The Balaban J connectivity index is 2.33. The molecule has 0 saturated heterocycles. The Hall–Kier alpha value is -1.39. The molecule has 0 aliphatic carbocycles. The summed E-state index contributed by atoms with van der Waals surface area (Å²) in [5.74, 6) is -0.267. The molecule has 0 fully saturated rings. The van der Waals surface area contributed by atoms with Crippen molar-refractivity contribution in [3.05, 3.63) is 29.8 Å². The lowest BCUT2D eigenvalue weighted by atomic mass is 10.1. The van der Waals surface area contributed by atoms with Crippen LogP contribution in [0.4, 0.5) is 5.69 Å². The quantitative estimate of drug-likeness (QED) is 0.849. The summed E-state index contributed by atoms with van der Waals surface area (Å²) >= 11 is 0. The zero-order chi connectivity index (χ0) is 12.4. The summed E-state index contributed by atoms with van der Waals surface area (Å²) in [7, 11) is 1.62. The largest absolute Gasteiger partial charge is 0.384 e. The molecule has 4 nitrogen and oxygen atoms in total. The number of nitrogens with zero attached hydrogens (tertiary/aromatic N) is 1. The summed E-state index contributed by atoms with van der Waals surface area (Å²) in [6.45, 7) is 1.97. The van der Waals surface area contributed by atoms with Gasteiger partial charge in [-0.1, -0.05) is 18.2 Å². The van der Waals surface area contributed by atoms with Crippen LogP contribution in [-0.4, -0.2) is 36.9 Å². The topological polar surface area (TPSA) is 49.8 Å². The van der Waals surface area contributed by atoms with Crippen molar-refractivity contribution in [2.24, 2.45) is 0 Å². The molecule has 17 heavy (non-hydrogen) atoms. The number of methoxy groups -OCH3 is 1. The molecule has 0 unspecified atom stereocenters. The molecule has 1 amide bonds. The summed E-state index contributed by atoms with van der Waals surface area (Å²) in [4.78, 5) is 13.7. The molecule has 4 heteroatoms. The molecule has 0 spiro atoms. The lowest BCUT2D eigenvalue weighted by Crippen LogP contribution is -2.44. The number of anilines is 1. The number of para-hydroxylation sites is 1. The average Bonchev–Trinajstić information content (AvgIpc) is 2.66. The van der Waals surface area contributed by atoms with Gasteiger partial charge in [-0.3, -0.25) is 4.79 Å². The van der Waals surface area contributed by atoms with E-state index in [1.165, 1.54) is 6.92 Å². The van der Waals surface area contributed by atoms with Crippen LogP contribution in [-0.2, 0) is 16.0 Å². The normalized spacial score (nSPS) is 20.2. The van der Waals surface area contributed by atoms with Gasteiger partial charge in [-0.15, -0.1) is 0 Å². The summed E-state index contributed by atoms with van der Waals surface area (Å²) in [5, 5.41) is 9.46. The van der Waals surface area contributed by atoms with Crippen LogP contribution in [0.5, 0.6) is 0 Å². The van der Waals surface area contributed by atoms with Gasteiger partial charge in [-0.2, -0.15) is 0 Å². The van der Waals surface area contributed by atoms with Crippen LogP contribution in [0.25, 0.3) is 0 Å². The Morgan fingerprint density at radius 3 is 2.94 bits per heavy atom. The van der Waals surface area contributed by atoms with Crippen molar-refractivity contribution >= 4 is 11.6 Å². The van der Waals surface area contributed by atoms with Crippen LogP contribution in [0.15, 0.2) is 24.3 Å². The van der Waals surface area contributed by atoms with Gasteiger partial charge < -0.3 is 14.7 Å². The van der Waals surface area contributed by atoms with Crippen molar-refractivity contribution in [1.29, 1.82) is 0 Å². The molecule has 1 aromatic rings. The van der Waals surface area contributed by atoms with Crippen LogP contribution in [0.2, 0.25) is 0 Å². The second-order valence-electron chi connectivity index (χ2n) is 4.33. The minimum absolute atomic E-state index is 0.0144. The number of carbonyl (C=O) groups is 1. The third kappa shape index (κ3) is 2.18. The van der Waals surface area contributed by atoms with Gasteiger partial charge in [0.15, 0.2) is 0 Å². The third-order valence-corrected chi connectivity index (χ3v) is 3.03. The van der Waals surface area contributed by atoms with E-state index in [1.807, 2.05) is 24.3 Å².